The Labute approximate surface area is 116 Å². The monoisotopic (exact) mass is 289 g/mol. The Balaban J connectivity index is 1.73. The van der Waals surface area contributed by atoms with E-state index in [4.69, 9.17) is 4.74 Å². The molecule has 6 heteroatoms. The van der Waals surface area contributed by atoms with E-state index >= 15 is 0 Å². The van der Waals surface area contributed by atoms with Gasteiger partial charge in [-0.25, -0.2) is 0 Å². The zero-order valence-corrected chi connectivity index (χ0v) is 11.1. The summed E-state index contributed by atoms with van der Waals surface area (Å²) in [7, 11) is 0. The summed E-state index contributed by atoms with van der Waals surface area (Å²) in [5.41, 5.74) is 0. The lowest BCUT2D eigenvalue weighted by atomic mass is 10.0. The van der Waals surface area contributed by atoms with Crippen LogP contribution in [0.4, 0.5) is 13.2 Å². The zero-order valence-electron chi connectivity index (χ0n) is 11.1. The van der Waals surface area contributed by atoms with Crippen molar-refractivity contribution in [1.29, 1.82) is 0 Å². The smallest absolute Gasteiger partial charge is 0.494 e. The first-order valence-corrected chi connectivity index (χ1v) is 6.75. The highest BCUT2D eigenvalue weighted by atomic mass is 19.4. The second-order valence-electron chi connectivity index (χ2n) is 4.80. The van der Waals surface area contributed by atoms with Crippen LogP contribution in [0.1, 0.15) is 25.7 Å². The number of nitrogens with one attached hydrogen (secondary N) is 1. The van der Waals surface area contributed by atoms with Crippen molar-refractivity contribution in [2.45, 2.75) is 38.1 Å². The third kappa shape index (κ3) is 5.28. The van der Waals surface area contributed by atoms with Gasteiger partial charge in [-0.1, -0.05) is 6.42 Å². The summed E-state index contributed by atoms with van der Waals surface area (Å²) >= 11 is 0. The standard InChI is InChI=1S/C14H18F3NO2/c15-14(16,17)20-13-6-4-12(5-7-13)19-10-8-11-3-1-2-9-18-11/h4-7,11,18H,1-3,8-10H2. The maximum atomic E-state index is 12.0. The molecule has 1 aromatic rings. The Morgan fingerprint density at radius 3 is 2.40 bits per heavy atom. The lowest BCUT2D eigenvalue weighted by molar-refractivity contribution is -0.274. The van der Waals surface area contributed by atoms with Crippen LogP contribution in [0, 0.1) is 0 Å². The lowest BCUT2D eigenvalue weighted by Crippen LogP contribution is -2.35. The van der Waals surface area contributed by atoms with Gasteiger partial charge in [0.1, 0.15) is 11.5 Å². The maximum Gasteiger partial charge on any atom is 0.573 e. The van der Waals surface area contributed by atoms with Crippen molar-refractivity contribution in [3.05, 3.63) is 24.3 Å². The summed E-state index contributed by atoms with van der Waals surface area (Å²) in [6.07, 6.45) is -0.142. The molecule has 1 fully saturated rings. The van der Waals surface area contributed by atoms with Crippen molar-refractivity contribution in [1.82, 2.24) is 5.32 Å². The highest BCUT2D eigenvalue weighted by Crippen LogP contribution is 2.24. The van der Waals surface area contributed by atoms with Crippen molar-refractivity contribution >= 4 is 0 Å². The molecule has 0 spiro atoms. The summed E-state index contributed by atoms with van der Waals surface area (Å²) in [5.74, 6) is 0.314. The van der Waals surface area contributed by atoms with Crippen LogP contribution in [0.5, 0.6) is 11.5 Å². The fraction of sp³-hybridized carbons (Fsp3) is 0.571. The van der Waals surface area contributed by atoms with Crippen LogP contribution in [0.2, 0.25) is 0 Å². The van der Waals surface area contributed by atoms with E-state index in [-0.39, 0.29) is 5.75 Å². The minimum atomic E-state index is -4.66. The van der Waals surface area contributed by atoms with E-state index in [2.05, 4.69) is 10.1 Å². The number of benzene rings is 1. The summed E-state index contributed by atoms with van der Waals surface area (Å²) in [6, 6.07) is 5.95. The first-order valence-electron chi connectivity index (χ1n) is 6.75. The molecule has 1 aliphatic heterocycles. The van der Waals surface area contributed by atoms with E-state index in [1.807, 2.05) is 0 Å². The van der Waals surface area contributed by atoms with Gasteiger partial charge in [0.25, 0.3) is 0 Å². The van der Waals surface area contributed by atoms with E-state index in [0.29, 0.717) is 18.4 Å². The van der Waals surface area contributed by atoms with E-state index < -0.39 is 6.36 Å². The first-order chi connectivity index (χ1) is 9.53. The molecule has 0 bridgehead atoms. The zero-order chi connectivity index (χ0) is 14.4. The van der Waals surface area contributed by atoms with Crippen LogP contribution >= 0.6 is 0 Å². The van der Waals surface area contributed by atoms with Gasteiger partial charge in [0.2, 0.25) is 0 Å². The summed E-state index contributed by atoms with van der Waals surface area (Å²) < 4.78 is 45.3. The van der Waals surface area contributed by atoms with E-state index in [9.17, 15) is 13.2 Å². The largest absolute Gasteiger partial charge is 0.573 e. The Hall–Kier alpha value is -1.43. The molecule has 1 saturated heterocycles. The normalized spacial score (nSPS) is 19.6. The van der Waals surface area contributed by atoms with Gasteiger partial charge in [-0.2, -0.15) is 0 Å². The molecule has 1 N–H and O–H groups in total. The van der Waals surface area contributed by atoms with Gasteiger partial charge >= 0.3 is 6.36 Å². The van der Waals surface area contributed by atoms with Crippen LogP contribution < -0.4 is 14.8 Å². The SMILES string of the molecule is FC(F)(F)Oc1ccc(OCCC2CCCCN2)cc1. The second-order valence-corrected chi connectivity index (χ2v) is 4.80. The second kappa shape index (κ2) is 6.83. The predicted molar refractivity (Wildman–Crippen MR) is 68.9 cm³/mol. The Morgan fingerprint density at radius 2 is 1.80 bits per heavy atom. The average molecular weight is 289 g/mol. The number of piperidine rings is 1. The van der Waals surface area contributed by atoms with Gasteiger partial charge in [0.15, 0.2) is 0 Å². The van der Waals surface area contributed by atoms with Crippen molar-refractivity contribution in [3.63, 3.8) is 0 Å². The van der Waals surface area contributed by atoms with Gasteiger partial charge < -0.3 is 14.8 Å². The highest BCUT2D eigenvalue weighted by Gasteiger charge is 2.30. The predicted octanol–water partition coefficient (Wildman–Crippen LogP) is 3.50. The number of hydrogen-bond acceptors (Lipinski definition) is 3. The van der Waals surface area contributed by atoms with Crippen LogP contribution in [0.3, 0.4) is 0 Å². The molecule has 0 aromatic heterocycles. The van der Waals surface area contributed by atoms with Gasteiger partial charge in [0, 0.05) is 6.04 Å². The molecule has 1 aromatic carbocycles. The van der Waals surface area contributed by atoms with Gasteiger partial charge in [0.05, 0.1) is 6.61 Å². The van der Waals surface area contributed by atoms with Crippen molar-refractivity contribution in [2.24, 2.45) is 0 Å². The molecule has 1 atom stereocenters. The Kier molecular flexibility index (Phi) is 5.11. The topological polar surface area (TPSA) is 30.5 Å². The minimum absolute atomic E-state index is 0.237. The molecule has 0 amide bonds. The molecular weight excluding hydrogens is 271 g/mol. The number of ether oxygens (including phenoxy) is 2. The summed E-state index contributed by atoms with van der Waals surface area (Å²) in [4.78, 5) is 0. The van der Waals surface area contributed by atoms with Crippen molar-refractivity contribution in [3.8, 4) is 11.5 Å². The minimum Gasteiger partial charge on any atom is -0.494 e. The van der Waals surface area contributed by atoms with Gasteiger partial charge in [-0.3, -0.25) is 0 Å². The van der Waals surface area contributed by atoms with E-state index in [1.165, 1.54) is 37.1 Å². The first kappa shape index (κ1) is 15.0. The van der Waals surface area contributed by atoms with Crippen molar-refractivity contribution < 1.29 is 22.6 Å². The van der Waals surface area contributed by atoms with Crippen LogP contribution in [-0.4, -0.2) is 25.6 Å². The van der Waals surface area contributed by atoms with Crippen LogP contribution in [-0.2, 0) is 0 Å². The molecule has 1 unspecified atom stereocenters. The molecule has 0 radical (unpaired) electrons. The highest BCUT2D eigenvalue weighted by molar-refractivity contribution is 5.31. The molecule has 1 heterocycles. The fourth-order valence-electron chi connectivity index (χ4n) is 2.23. The number of hydrogen-bond donors (Lipinski definition) is 1. The number of halogens is 3. The fourth-order valence-corrected chi connectivity index (χ4v) is 2.23. The Bertz CT molecular complexity index is 400. The molecule has 0 aliphatic carbocycles. The van der Waals surface area contributed by atoms with Crippen molar-refractivity contribution in [2.75, 3.05) is 13.2 Å². The molecule has 3 nitrogen and oxygen atoms in total. The summed E-state index contributed by atoms with van der Waals surface area (Å²) in [6.45, 7) is 1.60. The third-order valence-electron chi connectivity index (χ3n) is 3.20. The molecule has 1 aliphatic rings. The number of rotatable bonds is 5. The van der Waals surface area contributed by atoms with Gasteiger partial charge in [-0.05, 0) is 50.1 Å². The average Bonchev–Trinajstić information content (AvgIpc) is 2.40. The summed E-state index contributed by atoms with van der Waals surface area (Å²) in [5, 5.41) is 3.42. The molecule has 0 saturated carbocycles. The van der Waals surface area contributed by atoms with E-state index in [1.54, 1.807) is 0 Å². The molecule has 2 rings (SSSR count). The quantitative estimate of drug-likeness (QED) is 0.900. The van der Waals surface area contributed by atoms with Gasteiger partial charge in [-0.15, -0.1) is 13.2 Å². The Morgan fingerprint density at radius 1 is 1.10 bits per heavy atom. The maximum absolute atomic E-state index is 12.0. The number of alkyl halides is 3. The van der Waals surface area contributed by atoms with Crippen LogP contribution in [0.15, 0.2) is 24.3 Å². The van der Waals surface area contributed by atoms with E-state index in [0.717, 1.165) is 19.4 Å². The third-order valence-corrected chi connectivity index (χ3v) is 3.20. The molecule has 112 valence electrons. The molecule has 20 heavy (non-hydrogen) atoms. The molecular formula is C14H18F3NO2. The lowest BCUT2D eigenvalue weighted by Gasteiger charge is -2.23. The van der Waals surface area contributed by atoms with Crippen LogP contribution in [0.25, 0.3) is 0 Å².